The number of aliphatic imine (C=N–C) groups is 1. The molecule has 1 aliphatic rings. The van der Waals surface area contributed by atoms with Crippen molar-refractivity contribution in [1.82, 2.24) is 10.2 Å². The third-order valence-corrected chi connectivity index (χ3v) is 3.12. The molecule has 1 saturated carbocycles. The molecule has 0 radical (unpaired) electrons. The monoisotopic (exact) mass is 413 g/mol. The lowest BCUT2D eigenvalue weighted by Gasteiger charge is -2.21. The molecule has 124 valence electrons. The zero-order valence-electron chi connectivity index (χ0n) is 13.3. The van der Waals surface area contributed by atoms with Gasteiger partial charge in [-0.15, -0.1) is 24.0 Å². The van der Waals surface area contributed by atoms with Crippen molar-refractivity contribution in [2.75, 3.05) is 47.0 Å². The van der Waals surface area contributed by atoms with Crippen LogP contribution >= 0.6 is 24.0 Å². The van der Waals surface area contributed by atoms with Gasteiger partial charge in [0.25, 0.3) is 0 Å². The Morgan fingerprint density at radius 3 is 2.71 bits per heavy atom. The number of esters is 1. The van der Waals surface area contributed by atoms with Crippen molar-refractivity contribution in [2.24, 2.45) is 10.9 Å². The Labute approximate surface area is 144 Å². The van der Waals surface area contributed by atoms with E-state index < -0.39 is 0 Å². The Balaban J connectivity index is 0.00000400. The highest BCUT2D eigenvalue weighted by molar-refractivity contribution is 14.0. The second-order valence-electron chi connectivity index (χ2n) is 5.00. The summed E-state index contributed by atoms with van der Waals surface area (Å²) in [4.78, 5) is 17.5. The van der Waals surface area contributed by atoms with E-state index in [0.29, 0.717) is 19.6 Å². The molecule has 1 aliphatic carbocycles. The summed E-state index contributed by atoms with van der Waals surface area (Å²) in [6, 6.07) is 0. The van der Waals surface area contributed by atoms with E-state index in [0.717, 1.165) is 31.6 Å². The number of likely N-dealkylation sites (N-methyl/N-ethyl adjacent to an activating group) is 1. The number of hydrogen-bond donors (Lipinski definition) is 1. The molecular weight excluding hydrogens is 385 g/mol. The van der Waals surface area contributed by atoms with Crippen LogP contribution in [0.3, 0.4) is 0 Å². The van der Waals surface area contributed by atoms with Crippen LogP contribution in [0.4, 0.5) is 0 Å². The second-order valence-corrected chi connectivity index (χ2v) is 5.00. The zero-order valence-corrected chi connectivity index (χ0v) is 15.6. The van der Waals surface area contributed by atoms with Crippen LogP contribution in [-0.4, -0.2) is 63.8 Å². The number of carbonyl (C=O) groups excluding carboxylic acids is 1. The zero-order chi connectivity index (χ0) is 14.8. The van der Waals surface area contributed by atoms with Gasteiger partial charge in [0.1, 0.15) is 0 Å². The summed E-state index contributed by atoms with van der Waals surface area (Å²) < 4.78 is 10.2. The fourth-order valence-electron chi connectivity index (χ4n) is 1.67. The number of carbonyl (C=O) groups is 1. The Morgan fingerprint density at radius 1 is 1.43 bits per heavy atom. The molecule has 0 bridgehead atoms. The normalized spacial score (nSPS) is 14.3. The maximum absolute atomic E-state index is 11.1. The predicted octanol–water partition coefficient (Wildman–Crippen LogP) is 1.49. The highest BCUT2D eigenvalue weighted by Gasteiger charge is 2.21. The number of methoxy groups -OCH3 is 1. The second kappa shape index (κ2) is 12.0. The summed E-state index contributed by atoms with van der Waals surface area (Å²) in [5, 5.41) is 3.20. The van der Waals surface area contributed by atoms with Gasteiger partial charge in [0, 0.05) is 26.7 Å². The average molecular weight is 413 g/mol. The summed E-state index contributed by atoms with van der Waals surface area (Å²) >= 11 is 0. The number of rotatable bonds is 9. The molecule has 0 saturated heterocycles. The molecule has 0 atom stereocenters. The molecule has 7 heteroatoms. The molecule has 0 amide bonds. The highest BCUT2D eigenvalue weighted by Crippen LogP contribution is 2.28. The van der Waals surface area contributed by atoms with Crippen LogP contribution < -0.4 is 5.32 Å². The van der Waals surface area contributed by atoms with Gasteiger partial charge in [0.05, 0.1) is 26.7 Å². The standard InChI is InChI=1S/C14H27N3O3.HI/c1-4-15-14(16-8-7-13(18)19-3)17(2)9-10-20-11-12-5-6-12;/h12H,4-11H2,1-3H3,(H,15,16);1H. The molecule has 0 spiro atoms. The number of guanidine groups is 1. The van der Waals surface area contributed by atoms with Gasteiger partial charge in [-0.05, 0) is 25.7 Å². The molecule has 21 heavy (non-hydrogen) atoms. The third-order valence-electron chi connectivity index (χ3n) is 3.12. The van der Waals surface area contributed by atoms with Gasteiger partial charge in [-0.25, -0.2) is 0 Å². The van der Waals surface area contributed by atoms with Gasteiger partial charge in [-0.3, -0.25) is 9.79 Å². The quantitative estimate of drug-likeness (QED) is 0.204. The number of ether oxygens (including phenoxy) is 2. The van der Waals surface area contributed by atoms with Crippen molar-refractivity contribution in [3.63, 3.8) is 0 Å². The first kappa shape index (κ1) is 20.4. The molecule has 0 unspecified atom stereocenters. The first-order valence-corrected chi connectivity index (χ1v) is 7.31. The Hall–Kier alpha value is -0.570. The third kappa shape index (κ3) is 9.89. The number of nitrogens with one attached hydrogen (secondary N) is 1. The summed E-state index contributed by atoms with van der Waals surface area (Å²) in [5.74, 6) is 1.36. The van der Waals surface area contributed by atoms with E-state index in [9.17, 15) is 4.79 Å². The van der Waals surface area contributed by atoms with Crippen LogP contribution in [-0.2, 0) is 14.3 Å². The van der Waals surface area contributed by atoms with E-state index in [-0.39, 0.29) is 29.9 Å². The van der Waals surface area contributed by atoms with Crippen molar-refractivity contribution in [3.05, 3.63) is 0 Å². The molecule has 1 rings (SSSR count). The van der Waals surface area contributed by atoms with Gasteiger partial charge >= 0.3 is 5.97 Å². The first-order chi connectivity index (χ1) is 9.67. The molecule has 6 nitrogen and oxygen atoms in total. The summed E-state index contributed by atoms with van der Waals surface area (Å²) in [6.07, 6.45) is 2.93. The van der Waals surface area contributed by atoms with Gasteiger partial charge in [-0.1, -0.05) is 0 Å². The van der Waals surface area contributed by atoms with Crippen LogP contribution in [0.15, 0.2) is 4.99 Å². The lowest BCUT2D eigenvalue weighted by molar-refractivity contribution is -0.140. The van der Waals surface area contributed by atoms with Crippen LogP contribution in [0.1, 0.15) is 26.2 Å². The smallest absolute Gasteiger partial charge is 0.307 e. The van der Waals surface area contributed by atoms with Crippen LogP contribution in [0, 0.1) is 5.92 Å². The first-order valence-electron chi connectivity index (χ1n) is 7.31. The van der Waals surface area contributed by atoms with Crippen molar-refractivity contribution >= 4 is 35.9 Å². The Morgan fingerprint density at radius 2 is 2.14 bits per heavy atom. The number of halogens is 1. The largest absolute Gasteiger partial charge is 0.469 e. The van der Waals surface area contributed by atoms with E-state index in [2.05, 4.69) is 15.0 Å². The maximum Gasteiger partial charge on any atom is 0.307 e. The lowest BCUT2D eigenvalue weighted by atomic mass is 10.4. The summed E-state index contributed by atoms with van der Waals surface area (Å²) in [6.45, 7) is 5.62. The Bertz CT molecular complexity index is 323. The summed E-state index contributed by atoms with van der Waals surface area (Å²) in [7, 11) is 3.36. The highest BCUT2D eigenvalue weighted by atomic mass is 127. The molecule has 0 aromatic rings. The van der Waals surface area contributed by atoms with Gasteiger partial charge in [-0.2, -0.15) is 0 Å². The van der Waals surface area contributed by atoms with Crippen LogP contribution in [0.25, 0.3) is 0 Å². The van der Waals surface area contributed by atoms with Crippen molar-refractivity contribution < 1.29 is 14.3 Å². The van der Waals surface area contributed by atoms with E-state index in [1.54, 1.807) is 0 Å². The van der Waals surface area contributed by atoms with E-state index in [1.807, 2.05) is 18.9 Å². The molecular formula is C14H28IN3O3. The molecule has 1 fully saturated rings. The minimum absolute atomic E-state index is 0. The molecule has 0 heterocycles. The van der Waals surface area contributed by atoms with Gasteiger partial charge < -0.3 is 19.7 Å². The molecule has 0 aliphatic heterocycles. The predicted molar refractivity (Wildman–Crippen MR) is 94.2 cm³/mol. The van der Waals surface area contributed by atoms with Crippen molar-refractivity contribution in [2.45, 2.75) is 26.2 Å². The number of nitrogens with zero attached hydrogens (tertiary/aromatic N) is 2. The summed E-state index contributed by atoms with van der Waals surface area (Å²) in [5.41, 5.74) is 0. The topological polar surface area (TPSA) is 63.2 Å². The SMILES string of the molecule is CCNC(=NCCC(=O)OC)N(C)CCOCC1CC1.I. The Kier molecular flexibility index (Phi) is 11.7. The van der Waals surface area contributed by atoms with E-state index >= 15 is 0 Å². The van der Waals surface area contributed by atoms with E-state index in [1.165, 1.54) is 20.0 Å². The average Bonchev–Trinajstić information content (AvgIpc) is 3.26. The van der Waals surface area contributed by atoms with Gasteiger partial charge in [0.2, 0.25) is 0 Å². The molecule has 0 aromatic carbocycles. The maximum atomic E-state index is 11.1. The minimum atomic E-state index is -0.236. The minimum Gasteiger partial charge on any atom is -0.469 e. The molecule has 1 N–H and O–H groups in total. The van der Waals surface area contributed by atoms with Gasteiger partial charge in [0.15, 0.2) is 5.96 Å². The van der Waals surface area contributed by atoms with Crippen molar-refractivity contribution in [1.29, 1.82) is 0 Å². The van der Waals surface area contributed by atoms with Crippen LogP contribution in [0.2, 0.25) is 0 Å². The fraction of sp³-hybridized carbons (Fsp3) is 0.857. The lowest BCUT2D eigenvalue weighted by Crippen LogP contribution is -2.40. The molecule has 0 aromatic heterocycles. The van der Waals surface area contributed by atoms with Crippen LogP contribution in [0.5, 0.6) is 0 Å². The number of hydrogen-bond acceptors (Lipinski definition) is 4. The van der Waals surface area contributed by atoms with Crippen molar-refractivity contribution in [3.8, 4) is 0 Å². The van der Waals surface area contributed by atoms with E-state index in [4.69, 9.17) is 4.74 Å². The fourth-order valence-corrected chi connectivity index (χ4v) is 1.67.